The third-order valence-corrected chi connectivity index (χ3v) is 4.94. The molecule has 0 aliphatic carbocycles. The highest BCUT2D eigenvalue weighted by Crippen LogP contribution is 2.22. The van der Waals surface area contributed by atoms with Gasteiger partial charge >= 0.3 is 0 Å². The van der Waals surface area contributed by atoms with Crippen LogP contribution in [-0.2, 0) is 6.54 Å². The smallest absolute Gasteiger partial charge is 0.169 e. The summed E-state index contributed by atoms with van der Waals surface area (Å²) in [4.78, 5) is 4.63. The molecule has 3 rings (SSSR count). The van der Waals surface area contributed by atoms with E-state index in [1.807, 2.05) is 13.8 Å². The summed E-state index contributed by atoms with van der Waals surface area (Å²) >= 11 is 1.74. The first kappa shape index (κ1) is 14.9. The summed E-state index contributed by atoms with van der Waals surface area (Å²) in [7, 11) is 0. The number of rotatable bonds is 3. The number of piperazine rings is 1. The number of aromatic nitrogens is 2. The molecular weight excluding hydrogens is 294 g/mol. The molecule has 5 nitrogen and oxygen atoms in total. The van der Waals surface area contributed by atoms with Gasteiger partial charge in [0.1, 0.15) is 11.6 Å². The molecule has 0 aromatic carbocycles. The molecule has 2 aromatic rings. The lowest BCUT2D eigenvalue weighted by Gasteiger charge is -2.35. The average Bonchev–Trinajstić information content (AvgIpc) is 3.04. The maximum absolute atomic E-state index is 9.42. The van der Waals surface area contributed by atoms with Crippen molar-refractivity contribution in [2.24, 2.45) is 0 Å². The summed E-state index contributed by atoms with van der Waals surface area (Å²) in [5, 5.41) is 22.2. The summed E-state index contributed by atoms with van der Waals surface area (Å²) in [6.45, 7) is 8.57. The van der Waals surface area contributed by atoms with Crippen molar-refractivity contribution >= 4 is 17.2 Å². The fourth-order valence-corrected chi connectivity index (χ4v) is 3.37. The van der Waals surface area contributed by atoms with E-state index in [4.69, 9.17) is 0 Å². The van der Waals surface area contributed by atoms with E-state index in [0.717, 1.165) is 49.8 Å². The van der Waals surface area contributed by atoms with Gasteiger partial charge < -0.3 is 4.90 Å². The van der Waals surface area contributed by atoms with Gasteiger partial charge in [0.2, 0.25) is 0 Å². The quantitative estimate of drug-likeness (QED) is 0.870. The fraction of sp³-hybridized carbons (Fsp3) is 0.438. The number of thiophene rings is 1. The van der Waals surface area contributed by atoms with Crippen molar-refractivity contribution in [1.82, 2.24) is 15.1 Å². The molecule has 1 saturated heterocycles. The van der Waals surface area contributed by atoms with Crippen molar-refractivity contribution in [2.45, 2.75) is 20.4 Å². The van der Waals surface area contributed by atoms with Crippen LogP contribution in [0.25, 0.3) is 0 Å². The standard InChI is InChI=1S/C16H19N5S/c1-12-13(2)18-19-16(15(12)9-17)21-6-4-20(5-7-21)10-14-3-8-22-11-14/h3,8,11H,4-7,10H2,1-2H3. The molecule has 1 aliphatic rings. The largest absolute Gasteiger partial charge is 0.351 e. The maximum Gasteiger partial charge on any atom is 0.169 e. The zero-order valence-electron chi connectivity index (χ0n) is 12.9. The molecule has 22 heavy (non-hydrogen) atoms. The van der Waals surface area contributed by atoms with Crippen molar-refractivity contribution in [3.63, 3.8) is 0 Å². The molecule has 1 aliphatic heterocycles. The van der Waals surface area contributed by atoms with Crippen molar-refractivity contribution in [1.29, 1.82) is 5.26 Å². The lowest BCUT2D eigenvalue weighted by molar-refractivity contribution is 0.249. The monoisotopic (exact) mass is 313 g/mol. The highest BCUT2D eigenvalue weighted by molar-refractivity contribution is 7.07. The van der Waals surface area contributed by atoms with E-state index >= 15 is 0 Å². The third-order valence-electron chi connectivity index (χ3n) is 4.21. The molecule has 1 fully saturated rings. The molecule has 0 atom stereocenters. The van der Waals surface area contributed by atoms with E-state index in [2.05, 4.69) is 42.9 Å². The Kier molecular flexibility index (Phi) is 4.36. The molecule has 0 spiro atoms. The number of nitriles is 1. The molecule has 0 bridgehead atoms. The lowest BCUT2D eigenvalue weighted by Crippen LogP contribution is -2.46. The van der Waals surface area contributed by atoms with Gasteiger partial charge in [0.05, 0.1) is 5.69 Å². The molecule has 0 N–H and O–H groups in total. The number of hydrogen-bond acceptors (Lipinski definition) is 6. The van der Waals surface area contributed by atoms with E-state index < -0.39 is 0 Å². The minimum atomic E-state index is 0.666. The van der Waals surface area contributed by atoms with Gasteiger partial charge in [0.15, 0.2) is 5.82 Å². The summed E-state index contributed by atoms with van der Waals surface area (Å²) in [5.74, 6) is 0.737. The number of anilines is 1. The Labute approximate surface area is 134 Å². The van der Waals surface area contributed by atoms with Gasteiger partial charge in [-0.25, -0.2) is 0 Å². The van der Waals surface area contributed by atoms with Crippen LogP contribution in [0.4, 0.5) is 5.82 Å². The van der Waals surface area contributed by atoms with E-state index in [0.29, 0.717) is 5.56 Å². The van der Waals surface area contributed by atoms with Crippen LogP contribution in [0.1, 0.15) is 22.4 Å². The van der Waals surface area contributed by atoms with Crippen LogP contribution in [0, 0.1) is 25.2 Å². The van der Waals surface area contributed by atoms with Crippen LogP contribution < -0.4 is 4.90 Å². The molecule has 0 radical (unpaired) electrons. The summed E-state index contributed by atoms with van der Waals surface area (Å²) in [5.41, 5.74) is 3.81. The number of nitrogens with zero attached hydrogens (tertiary/aromatic N) is 5. The van der Waals surface area contributed by atoms with Crippen LogP contribution in [0.3, 0.4) is 0 Å². The van der Waals surface area contributed by atoms with Gasteiger partial charge in [0.25, 0.3) is 0 Å². The molecule has 0 amide bonds. The Morgan fingerprint density at radius 3 is 2.64 bits per heavy atom. The minimum Gasteiger partial charge on any atom is -0.351 e. The fourth-order valence-electron chi connectivity index (χ4n) is 2.71. The average molecular weight is 313 g/mol. The van der Waals surface area contributed by atoms with E-state index in [-0.39, 0.29) is 0 Å². The number of aryl methyl sites for hydroxylation is 1. The van der Waals surface area contributed by atoms with Crippen molar-refractivity contribution < 1.29 is 0 Å². The van der Waals surface area contributed by atoms with Gasteiger partial charge in [-0.2, -0.15) is 21.7 Å². The molecule has 3 heterocycles. The Morgan fingerprint density at radius 2 is 2.00 bits per heavy atom. The summed E-state index contributed by atoms with van der Waals surface area (Å²) in [6, 6.07) is 4.47. The molecular formula is C16H19N5S. The second-order valence-corrected chi connectivity index (χ2v) is 6.40. The van der Waals surface area contributed by atoms with Crippen LogP contribution in [0.2, 0.25) is 0 Å². The van der Waals surface area contributed by atoms with Crippen molar-refractivity contribution in [3.05, 3.63) is 39.2 Å². The van der Waals surface area contributed by atoms with Crippen LogP contribution in [-0.4, -0.2) is 41.3 Å². The summed E-state index contributed by atoms with van der Waals surface area (Å²) in [6.07, 6.45) is 0. The highest BCUT2D eigenvalue weighted by atomic mass is 32.1. The van der Waals surface area contributed by atoms with E-state index in [1.54, 1.807) is 11.3 Å². The molecule has 0 saturated carbocycles. The Morgan fingerprint density at radius 1 is 1.23 bits per heavy atom. The predicted molar refractivity (Wildman–Crippen MR) is 88.0 cm³/mol. The molecule has 6 heteroatoms. The lowest BCUT2D eigenvalue weighted by atomic mass is 10.1. The Hall–Kier alpha value is -1.97. The zero-order chi connectivity index (χ0) is 15.5. The third kappa shape index (κ3) is 2.96. The van der Waals surface area contributed by atoms with Crippen molar-refractivity contribution in [3.8, 4) is 6.07 Å². The zero-order valence-corrected chi connectivity index (χ0v) is 13.7. The summed E-state index contributed by atoms with van der Waals surface area (Å²) < 4.78 is 0. The molecule has 0 unspecified atom stereocenters. The van der Waals surface area contributed by atoms with Crippen LogP contribution in [0.5, 0.6) is 0 Å². The van der Waals surface area contributed by atoms with Crippen molar-refractivity contribution in [2.75, 3.05) is 31.1 Å². The Balaban J connectivity index is 1.69. The maximum atomic E-state index is 9.42. The first-order chi connectivity index (χ1) is 10.7. The molecule has 114 valence electrons. The second kappa shape index (κ2) is 6.42. The van der Waals surface area contributed by atoms with Crippen LogP contribution >= 0.6 is 11.3 Å². The first-order valence-electron chi connectivity index (χ1n) is 7.41. The van der Waals surface area contributed by atoms with Crippen LogP contribution in [0.15, 0.2) is 16.8 Å². The second-order valence-electron chi connectivity index (χ2n) is 5.62. The van der Waals surface area contributed by atoms with Gasteiger partial charge in [-0.05, 0) is 41.8 Å². The van der Waals surface area contributed by atoms with Gasteiger partial charge in [-0.1, -0.05) is 0 Å². The predicted octanol–water partition coefficient (Wildman–Crippen LogP) is 2.35. The van der Waals surface area contributed by atoms with E-state index in [9.17, 15) is 5.26 Å². The highest BCUT2D eigenvalue weighted by Gasteiger charge is 2.22. The number of hydrogen-bond donors (Lipinski definition) is 0. The SMILES string of the molecule is Cc1nnc(N2CCN(Cc3ccsc3)CC2)c(C#N)c1C. The normalized spacial score (nSPS) is 15.8. The van der Waals surface area contributed by atoms with Gasteiger partial charge in [-0.15, -0.1) is 5.10 Å². The topological polar surface area (TPSA) is 56.1 Å². The van der Waals surface area contributed by atoms with Gasteiger partial charge in [-0.3, -0.25) is 4.90 Å². The Bertz CT molecular complexity index is 681. The van der Waals surface area contributed by atoms with Gasteiger partial charge in [0, 0.05) is 32.7 Å². The molecule has 2 aromatic heterocycles. The first-order valence-corrected chi connectivity index (χ1v) is 8.35. The minimum absolute atomic E-state index is 0.666. The van der Waals surface area contributed by atoms with E-state index in [1.165, 1.54) is 5.56 Å².